The van der Waals surface area contributed by atoms with Crippen molar-refractivity contribution in [2.24, 2.45) is 0 Å². The van der Waals surface area contributed by atoms with Gasteiger partial charge in [-0.3, -0.25) is 0 Å². The number of halogens is 2. The molecule has 1 aliphatic rings. The summed E-state index contributed by atoms with van der Waals surface area (Å²) in [6, 6.07) is 0. The second-order valence-corrected chi connectivity index (χ2v) is 4.67. The molecule has 1 saturated heterocycles. The van der Waals surface area contributed by atoms with Crippen LogP contribution in [0.1, 0.15) is 20.8 Å². The Bertz CT molecular complexity index is 184. The van der Waals surface area contributed by atoms with Crippen molar-refractivity contribution in [2.45, 2.75) is 42.9 Å². The predicted molar refractivity (Wildman–Crippen MR) is 49.9 cm³/mol. The van der Waals surface area contributed by atoms with E-state index in [4.69, 9.17) is 32.7 Å². The average molecular weight is 213 g/mol. The Morgan fingerprint density at radius 2 is 1.67 bits per heavy atom. The van der Waals surface area contributed by atoms with E-state index < -0.39 is 11.4 Å². The normalized spacial score (nSPS) is 46.5. The van der Waals surface area contributed by atoms with Crippen LogP contribution in [0.15, 0.2) is 0 Å². The minimum Gasteiger partial charge on any atom is -0.352 e. The third-order valence-corrected chi connectivity index (χ3v) is 3.85. The molecule has 3 atom stereocenters. The van der Waals surface area contributed by atoms with Crippen molar-refractivity contribution in [1.29, 1.82) is 0 Å². The van der Waals surface area contributed by atoms with Crippen molar-refractivity contribution in [3.05, 3.63) is 0 Å². The fourth-order valence-corrected chi connectivity index (χ4v) is 2.12. The van der Waals surface area contributed by atoms with Gasteiger partial charge in [-0.15, -0.1) is 23.2 Å². The van der Waals surface area contributed by atoms with Gasteiger partial charge in [-0.2, -0.15) is 0 Å². The van der Waals surface area contributed by atoms with Gasteiger partial charge in [-0.1, -0.05) is 0 Å². The lowest BCUT2D eigenvalue weighted by atomic mass is 10.0. The van der Waals surface area contributed by atoms with Crippen molar-refractivity contribution in [1.82, 2.24) is 0 Å². The molecule has 0 aliphatic carbocycles. The molecule has 2 nitrogen and oxygen atoms in total. The van der Waals surface area contributed by atoms with Crippen LogP contribution in [0, 0.1) is 0 Å². The molecule has 4 heteroatoms. The van der Waals surface area contributed by atoms with E-state index in [0.29, 0.717) is 0 Å². The van der Waals surface area contributed by atoms with Crippen LogP contribution in [0.2, 0.25) is 0 Å². The number of ether oxygens (including phenoxy) is 2. The van der Waals surface area contributed by atoms with Crippen molar-refractivity contribution in [3.8, 4) is 0 Å². The summed E-state index contributed by atoms with van der Waals surface area (Å²) >= 11 is 12.2. The molecule has 0 N–H and O–H groups in total. The molecule has 0 aromatic carbocycles. The fraction of sp³-hybridized carbons (Fsp3) is 1.00. The maximum absolute atomic E-state index is 6.08. The summed E-state index contributed by atoms with van der Waals surface area (Å²) in [6.45, 7) is 5.61. The molecular formula is C8H14Cl2O2. The van der Waals surface area contributed by atoms with Crippen LogP contribution in [0.4, 0.5) is 0 Å². The van der Waals surface area contributed by atoms with E-state index in [2.05, 4.69) is 0 Å². The van der Waals surface area contributed by atoms with E-state index in [1.165, 1.54) is 0 Å². The quantitative estimate of drug-likeness (QED) is 0.622. The van der Waals surface area contributed by atoms with Crippen molar-refractivity contribution in [2.75, 3.05) is 7.11 Å². The van der Waals surface area contributed by atoms with Crippen LogP contribution in [0.3, 0.4) is 0 Å². The first-order valence-corrected chi connectivity index (χ1v) is 4.74. The highest BCUT2D eigenvalue weighted by Crippen LogP contribution is 2.44. The first-order chi connectivity index (χ1) is 5.33. The molecule has 0 bridgehead atoms. The third-order valence-electron chi connectivity index (χ3n) is 2.29. The summed E-state index contributed by atoms with van der Waals surface area (Å²) in [6.07, 6.45) is 0. The molecule has 1 fully saturated rings. The molecule has 1 aliphatic heterocycles. The number of hydrogen-bond donors (Lipinski definition) is 0. The van der Waals surface area contributed by atoms with E-state index in [0.717, 1.165) is 0 Å². The van der Waals surface area contributed by atoms with Gasteiger partial charge in [0.25, 0.3) is 0 Å². The van der Waals surface area contributed by atoms with Gasteiger partial charge < -0.3 is 9.47 Å². The Morgan fingerprint density at radius 3 is 1.83 bits per heavy atom. The summed E-state index contributed by atoms with van der Waals surface area (Å²) in [5.74, 6) is -0.766. The number of rotatable bonds is 1. The van der Waals surface area contributed by atoms with E-state index in [1.807, 2.05) is 13.8 Å². The third kappa shape index (κ3) is 1.46. The predicted octanol–water partition coefficient (Wildman–Crippen LogP) is 2.37. The van der Waals surface area contributed by atoms with E-state index >= 15 is 0 Å². The Kier molecular flexibility index (Phi) is 2.66. The Hall–Kier alpha value is 0.500. The minimum absolute atomic E-state index is 0.232. The Morgan fingerprint density at radius 1 is 1.17 bits per heavy atom. The van der Waals surface area contributed by atoms with Gasteiger partial charge in [0.2, 0.25) is 0 Å². The van der Waals surface area contributed by atoms with Crippen LogP contribution in [0.25, 0.3) is 0 Å². The number of alkyl halides is 2. The molecule has 12 heavy (non-hydrogen) atoms. The molecule has 0 spiro atoms. The highest BCUT2D eigenvalue weighted by molar-refractivity contribution is 6.31. The Balaban J connectivity index is 2.88. The molecule has 1 heterocycles. The van der Waals surface area contributed by atoms with Crippen LogP contribution >= 0.6 is 23.2 Å². The van der Waals surface area contributed by atoms with Gasteiger partial charge in [0, 0.05) is 7.11 Å². The fourth-order valence-electron chi connectivity index (χ4n) is 1.41. The molecule has 0 radical (unpaired) electrons. The number of hydrogen-bond acceptors (Lipinski definition) is 2. The molecule has 0 aromatic rings. The highest BCUT2D eigenvalue weighted by atomic mass is 35.5. The maximum Gasteiger partial charge on any atom is 0.183 e. The zero-order chi connectivity index (χ0) is 9.57. The lowest BCUT2D eigenvalue weighted by Gasteiger charge is -2.27. The van der Waals surface area contributed by atoms with Gasteiger partial charge in [0.05, 0.1) is 11.0 Å². The van der Waals surface area contributed by atoms with Gasteiger partial charge in [0.15, 0.2) is 5.79 Å². The largest absolute Gasteiger partial charge is 0.352 e. The summed E-state index contributed by atoms with van der Waals surface area (Å²) in [7, 11) is 1.57. The molecule has 0 saturated carbocycles. The van der Waals surface area contributed by atoms with E-state index in [1.54, 1.807) is 14.0 Å². The Labute approximate surface area is 83.1 Å². The van der Waals surface area contributed by atoms with Crippen LogP contribution in [-0.2, 0) is 9.47 Å². The summed E-state index contributed by atoms with van der Waals surface area (Å²) in [5, 5.41) is -0.553. The summed E-state index contributed by atoms with van der Waals surface area (Å²) < 4.78 is 10.8. The van der Waals surface area contributed by atoms with Crippen LogP contribution in [0.5, 0.6) is 0 Å². The average Bonchev–Trinajstić information content (AvgIpc) is 2.13. The molecule has 1 rings (SSSR count). The second-order valence-electron chi connectivity index (χ2n) is 3.73. The topological polar surface area (TPSA) is 18.5 Å². The SMILES string of the molecule is CO[C@]1(C)OC(C)(C)[C@H](Cl)[C@@H]1Cl. The smallest absolute Gasteiger partial charge is 0.183 e. The van der Waals surface area contributed by atoms with Crippen molar-refractivity contribution >= 4 is 23.2 Å². The van der Waals surface area contributed by atoms with E-state index in [-0.39, 0.29) is 10.8 Å². The monoisotopic (exact) mass is 212 g/mol. The second kappa shape index (κ2) is 3.02. The minimum atomic E-state index is -0.766. The molecule has 0 aromatic heterocycles. The van der Waals surface area contributed by atoms with Gasteiger partial charge in [-0.05, 0) is 20.8 Å². The standard InChI is InChI=1S/C8H14Cl2O2/c1-7(2)5(9)6(10)8(3,11-4)12-7/h5-6H,1-4H3/t5-,6+,8-/m1/s1. The van der Waals surface area contributed by atoms with Gasteiger partial charge in [0.1, 0.15) is 5.38 Å². The zero-order valence-electron chi connectivity index (χ0n) is 7.73. The zero-order valence-corrected chi connectivity index (χ0v) is 9.24. The maximum atomic E-state index is 6.08. The first kappa shape index (κ1) is 10.6. The van der Waals surface area contributed by atoms with E-state index in [9.17, 15) is 0 Å². The van der Waals surface area contributed by atoms with Crippen LogP contribution < -0.4 is 0 Å². The van der Waals surface area contributed by atoms with Crippen LogP contribution in [-0.4, -0.2) is 29.3 Å². The van der Waals surface area contributed by atoms with Crippen molar-refractivity contribution in [3.63, 3.8) is 0 Å². The lowest BCUT2D eigenvalue weighted by molar-refractivity contribution is -0.217. The summed E-state index contributed by atoms with van der Waals surface area (Å²) in [4.78, 5) is 0. The summed E-state index contributed by atoms with van der Waals surface area (Å²) in [5.41, 5.74) is -0.432. The molecule has 0 unspecified atom stereocenters. The highest BCUT2D eigenvalue weighted by Gasteiger charge is 2.55. The number of methoxy groups -OCH3 is 1. The molecule has 72 valence electrons. The van der Waals surface area contributed by atoms with Gasteiger partial charge >= 0.3 is 0 Å². The van der Waals surface area contributed by atoms with Crippen molar-refractivity contribution < 1.29 is 9.47 Å². The molecular weight excluding hydrogens is 199 g/mol. The van der Waals surface area contributed by atoms with Gasteiger partial charge in [-0.25, -0.2) is 0 Å². The molecule has 0 amide bonds. The first-order valence-electron chi connectivity index (χ1n) is 3.87. The lowest BCUT2D eigenvalue weighted by Crippen LogP contribution is -2.36.